The average molecular weight is 276 g/mol. The summed E-state index contributed by atoms with van der Waals surface area (Å²) in [5, 5.41) is 10.7. The second-order valence-corrected chi connectivity index (χ2v) is 5.01. The van der Waals surface area contributed by atoms with Gasteiger partial charge in [-0.15, -0.1) is 11.3 Å². The number of carboxylic acids is 1. The van der Waals surface area contributed by atoms with Crippen LogP contribution in [0.3, 0.4) is 0 Å². The summed E-state index contributed by atoms with van der Waals surface area (Å²) in [5.41, 5.74) is 0.307. The van der Waals surface area contributed by atoms with Crippen LogP contribution in [0.4, 0.5) is 0 Å². The summed E-state index contributed by atoms with van der Waals surface area (Å²) in [5.74, 6) is -1.29. The Morgan fingerprint density at radius 1 is 1.37 bits per heavy atom. The molecule has 1 amide bonds. The molecular formula is C13H12N2O3S. The van der Waals surface area contributed by atoms with E-state index in [1.165, 1.54) is 18.3 Å². The largest absolute Gasteiger partial charge is 0.478 e. The molecule has 1 N–H and O–H groups in total. The number of carboxylic acid groups (broad SMARTS) is 1. The van der Waals surface area contributed by atoms with E-state index in [-0.39, 0.29) is 17.2 Å². The van der Waals surface area contributed by atoms with Crippen molar-refractivity contribution >= 4 is 23.2 Å². The second-order valence-electron chi connectivity index (χ2n) is 3.98. The Morgan fingerprint density at radius 2 is 2.16 bits per heavy atom. The van der Waals surface area contributed by atoms with Crippen molar-refractivity contribution in [1.82, 2.24) is 9.88 Å². The Bertz CT molecular complexity index is 578. The normalized spacial score (nSPS) is 10.2. The third kappa shape index (κ3) is 3.17. The van der Waals surface area contributed by atoms with E-state index in [1.807, 2.05) is 17.5 Å². The van der Waals surface area contributed by atoms with E-state index >= 15 is 0 Å². The van der Waals surface area contributed by atoms with E-state index in [1.54, 1.807) is 23.3 Å². The molecule has 0 fully saturated rings. The monoisotopic (exact) mass is 276 g/mol. The van der Waals surface area contributed by atoms with E-state index in [0.717, 1.165) is 4.88 Å². The van der Waals surface area contributed by atoms with Gasteiger partial charge in [0.15, 0.2) is 0 Å². The smallest absolute Gasteiger partial charge is 0.337 e. The Morgan fingerprint density at radius 3 is 2.68 bits per heavy atom. The Labute approximate surface area is 114 Å². The molecular weight excluding hydrogens is 264 g/mol. The van der Waals surface area contributed by atoms with Gasteiger partial charge >= 0.3 is 5.97 Å². The van der Waals surface area contributed by atoms with Crippen molar-refractivity contribution in [3.8, 4) is 0 Å². The number of aromatic carboxylic acids is 1. The van der Waals surface area contributed by atoms with Crippen LogP contribution in [0.15, 0.2) is 35.8 Å². The van der Waals surface area contributed by atoms with Crippen molar-refractivity contribution < 1.29 is 14.7 Å². The fourth-order valence-electron chi connectivity index (χ4n) is 1.55. The first kappa shape index (κ1) is 13.2. The summed E-state index contributed by atoms with van der Waals surface area (Å²) in [7, 11) is 1.69. The highest BCUT2D eigenvalue weighted by Gasteiger charge is 2.14. The number of hydrogen-bond acceptors (Lipinski definition) is 4. The Balaban J connectivity index is 2.08. The molecule has 0 radical (unpaired) electrons. The van der Waals surface area contributed by atoms with Crippen LogP contribution >= 0.6 is 11.3 Å². The zero-order valence-electron chi connectivity index (χ0n) is 10.2. The SMILES string of the molecule is CN(Cc1cccs1)C(=O)c1ccc(C(=O)O)cn1. The molecule has 0 atom stereocenters. The maximum Gasteiger partial charge on any atom is 0.337 e. The van der Waals surface area contributed by atoms with Gasteiger partial charge in [-0.05, 0) is 23.6 Å². The van der Waals surface area contributed by atoms with Crippen LogP contribution in [0.25, 0.3) is 0 Å². The van der Waals surface area contributed by atoms with Gasteiger partial charge in [-0.25, -0.2) is 4.79 Å². The quantitative estimate of drug-likeness (QED) is 0.928. The molecule has 2 aromatic rings. The first-order valence-corrected chi connectivity index (χ1v) is 6.43. The summed E-state index contributed by atoms with van der Waals surface area (Å²) >= 11 is 1.58. The number of pyridine rings is 1. The molecule has 2 aromatic heterocycles. The number of carbonyl (C=O) groups excluding carboxylic acids is 1. The molecule has 98 valence electrons. The van der Waals surface area contributed by atoms with Crippen LogP contribution < -0.4 is 0 Å². The second kappa shape index (κ2) is 5.62. The molecule has 2 rings (SSSR count). The maximum absolute atomic E-state index is 12.1. The van der Waals surface area contributed by atoms with Crippen LogP contribution in [0, 0.1) is 0 Å². The van der Waals surface area contributed by atoms with Gasteiger partial charge in [0.25, 0.3) is 5.91 Å². The molecule has 0 spiro atoms. The van der Waals surface area contributed by atoms with Gasteiger partial charge in [-0.2, -0.15) is 0 Å². The molecule has 19 heavy (non-hydrogen) atoms. The fourth-order valence-corrected chi connectivity index (χ4v) is 2.31. The van der Waals surface area contributed by atoms with Gasteiger partial charge in [-0.3, -0.25) is 9.78 Å². The van der Waals surface area contributed by atoms with Crippen molar-refractivity contribution in [1.29, 1.82) is 0 Å². The van der Waals surface area contributed by atoms with E-state index < -0.39 is 5.97 Å². The fraction of sp³-hybridized carbons (Fsp3) is 0.154. The molecule has 0 aliphatic heterocycles. The standard InChI is InChI=1S/C13H12N2O3S/c1-15(8-10-3-2-6-19-10)12(16)11-5-4-9(7-14-11)13(17)18/h2-7H,8H2,1H3,(H,17,18). The number of thiophene rings is 1. The molecule has 0 bridgehead atoms. The molecule has 5 nitrogen and oxygen atoms in total. The van der Waals surface area contributed by atoms with Crippen LogP contribution in [0.2, 0.25) is 0 Å². The lowest BCUT2D eigenvalue weighted by atomic mass is 10.2. The number of carbonyl (C=O) groups is 2. The van der Waals surface area contributed by atoms with Crippen LogP contribution in [-0.4, -0.2) is 33.9 Å². The van der Waals surface area contributed by atoms with Crippen LogP contribution in [0.1, 0.15) is 25.7 Å². The summed E-state index contributed by atoms with van der Waals surface area (Å²) < 4.78 is 0. The zero-order chi connectivity index (χ0) is 13.8. The molecule has 0 aromatic carbocycles. The first-order valence-electron chi connectivity index (χ1n) is 5.55. The topological polar surface area (TPSA) is 70.5 Å². The zero-order valence-corrected chi connectivity index (χ0v) is 11.1. The number of rotatable bonds is 4. The Kier molecular flexibility index (Phi) is 3.91. The van der Waals surface area contributed by atoms with E-state index in [9.17, 15) is 9.59 Å². The van der Waals surface area contributed by atoms with Gasteiger partial charge in [0.05, 0.1) is 12.1 Å². The van der Waals surface area contributed by atoms with Crippen LogP contribution in [-0.2, 0) is 6.54 Å². The third-order valence-electron chi connectivity index (χ3n) is 2.55. The molecule has 6 heteroatoms. The van der Waals surface area contributed by atoms with Gasteiger partial charge in [0.1, 0.15) is 5.69 Å². The average Bonchev–Trinajstić information content (AvgIpc) is 2.90. The van der Waals surface area contributed by atoms with Crippen molar-refractivity contribution in [2.24, 2.45) is 0 Å². The minimum Gasteiger partial charge on any atom is -0.478 e. The molecule has 2 heterocycles. The Hall–Kier alpha value is -2.21. The van der Waals surface area contributed by atoms with Gasteiger partial charge in [-0.1, -0.05) is 6.07 Å². The molecule has 0 aliphatic carbocycles. The van der Waals surface area contributed by atoms with Gasteiger partial charge in [0, 0.05) is 18.1 Å². The lowest BCUT2D eigenvalue weighted by molar-refractivity contribution is 0.0694. The van der Waals surface area contributed by atoms with Crippen molar-refractivity contribution in [3.63, 3.8) is 0 Å². The first-order chi connectivity index (χ1) is 9.08. The van der Waals surface area contributed by atoms with E-state index in [0.29, 0.717) is 6.54 Å². The van der Waals surface area contributed by atoms with Crippen molar-refractivity contribution in [3.05, 3.63) is 52.0 Å². The van der Waals surface area contributed by atoms with Crippen molar-refractivity contribution in [2.45, 2.75) is 6.54 Å². The molecule has 0 aliphatic rings. The number of nitrogens with zero attached hydrogens (tertiary/aromatic N) is 2. The number of aromatic nitrogens is 1. The summed E-state index contributed by atoms with van der Waals surface area (Å²) in [6.07, 6.45) is 1.19. The molecule has 0 saturated carbocycles. The van der Waals surface area contributed by atoms with Crippen LogP contribution in [0.5, 0.6) is 0 Å². The molecule has 0 unspecified atom stereocenters. The predicted octanol–water partition coefficient (Wildman–Crippen LogP) is 2.11. The molecule has 0 saturated heterocycles. The van der Waals surface area contributed by atoms with Gasteiger partial charge in [0.2, 0.25) is 0 Å². The summed E-state index contributed by atoms with van der Waals surface area (Å²) in [6, 6.07) is 6.69. The summed E-state index contributed by atoms with van der Waals surface area (Å²) in [4.78, 5) is 29.3. The summed E-state index contributed by atoms with van der Waals surface area (Å²) in [6.45, 7) is 0.513. The number of amides is 1. The predicted molar refractivity (Wildman–Crippen MR) is 71.3 cm³/mol. The highest BCUT2D eigenvalue weighted by Crippen LogP contribution is 2.12. The van der Waals surface area contributed by atoms with E-state index in [2.05, 4.69) is 4.98 Å². The minimum absolute atomic E-state index is 0.0671. The third-order valence-corrected chi connectivity index (χ3v) is 3.41. The lowest BCUT2D eigenvalue weighted by Gasteiger charge is -2.15. The maximum atomic E-state index is 12.1. The van der Waals surface area contributed by atoms with Crippen molar-refractivity contribution in [2.75, 3.05) is 7.05 Å². The highest BCUT2D eigenvalue weighted by molar-refractivity contribution is 7.09. The van der Waals surface area contributed by atoms with E-state index in [4.69, 9.17) is 5.11 Å². The highest BCUT2D eigenvalue weighted by atomic mass is 32.1. The minimum atomic E-state index is -1.06. The lowest BCUT2D eigenvalue weighted by Crippen LogP contribution is -2.26. The van der Waals surface area contributed by atoms with Gasteiger partial charge < -0.3 is 10.0 Å². The number of hydrogen-bond donors (Lipinski definition) is 1.